The van der Waals surface area contributed by atoms with Crippen molar-refractivity contribution in [1.82, 2.24) is 0 Å². The van der Waals surface area contributed by atoms with Gasteiger partial charge in [0.05, 0.1) is 13.8 Å². The van der Waals surface area contributed by atoms with Crippen molar-refractivity contribution in [3.05, 3.63) is 156 Å². The lowest BCUT2D eigenvalue weighted by Gasteiger charge is -2.40. The predicted octanol–water partition coefficient (Wildman–Crippen LogP) is 15.6. The van der Waals surface area contributed by atoms with Gasteiger partial charge in [0.1, 0.15) is 11.5 Å². The van der Waals surface area contributed by atoms with Crippen LogP contribution in [0.4, 0.5) is 34.1 Å². The molecule has 0 saturated carbocycles. The third-order valence-corrected chi connectivity index (χ3v) is 18.3. The van der Waals surface area contributed by atoms with Crippen LogP contribution in [-0.4, -0.2) is 14.8 Å². The van der Waals surface area contributed by atoms with Gasteiger partial charge in [-0.3, -0.25) is 0 Å². The van der Waals surface area contributed by atoms with Crippen LogP contribution in [-0.2, 0) is 16.2 Å². The number of hydrogen-bond acceptors (Lipinski definition) is 5. The van der Waals surface area contributed by atoms with Crippen LogP contribution >= 0.6 is 22.7 Å². The summed E-state index contributed by atoms with van der Waals surface area (Å²) < 4.78 is 12.7. The van der Waals surface area contributed by atoms with Gasteiger partial charge in [-0.2, -0.15) is 0 Å². The minimum Gasteiger partial charge on any atom is -0.458 e. The summed E-state index contributed by atoms with van der Waals surface area (Å²) in [7, 11) is -1.86. The van der Waals surface area contributed by atoms with Crippen molar-refractivity contribution < 1.29 is 4.74 Å². The molecule has 2 aliphatic heterocycles. The van der Waals surface area contributed by atoms with Gasteiger partial charge in [0.15, 0.2) is 0 Å². The maximum atomic E-state index is 7.38. The van der Waals surface area contributed by atoms with E-state index in [-0.39, 0.29) is 23.0 Å². The molecule has 7 heteroatoms. The van der Waals surface area contributed by atoms with E-state index in [4.69, 9.17) is 4.74 Å². The second-order valence-corrected chi connectivity index (χ2v) is 30.0. The number of rotatable bonds is 5. The summed E-state index contributed by atoms with van der Waals surface area (Å²) in [6.45, 7) is 28.0. The number of benzene rings is 7. The molecule has 0 spiro atoms. The second kappa shape index (κ2) is 15.0. The summed E-state index contributed by atoms with van der Waals surface area (Å²) in [5.74, 6) is 1.89. The van der Waals surface area contributed by atoms with Gasteiger partial charge in [0.25, 0.3) is 6.71 Å². The lowest BCUT2D eigenvalue weighted by molar-refractivity contribution is 0.488. The molecule has 0 bridgehead atoms. The third-order valence-electron chi connectivity index (χ3n) is 13.9. The Labute approximate surface area is 400 Å². The maximum absolute atomic E-state index is 7.38. The number of hydrogen-bond donors (Lipinski definition) is 0. The van der Waals surface area contributed by atoms with E-state index < -0.39 is 8.07 Å². The Morgan fingerprint density at radius 1 is 0.515 bits per heavy atom. The summed E-state index contributed by atoms with van der Waals surface area (Å²) in [4.78, 5) is 5.01. The molecule has 0 saturated heterocycles. The van der Waals surface area contributed by atoms with E-state index >= 15 is 0 Å². The van der Waals surface area contributed by atoms with Crippen molar-refractivity contribution in [3.8, 4) is 11.5 Å². The molecule has 0 atom stereocenters. The van der Waals surface area contributed by atoms with E-state index in [1.807, 2.05) is 22.7 Å². The monoisotopic (exact) mass is 914 g/mol. The SMILES string of the molecule is CC(C)(C)c1ccc(N(c2ccc(C(C)(C)C)cc2)c2ccc3c(c2)Oc2cc([Si](C)(C)C)cc4c2B3c2sc3ccc(C(C)(C)C)cc3c2N4c2ccc3sc4ccccc4c3c2)cc1. The molecule has 2 aromatic heterocycles. The molecular formula is C59H59BN2OS2Si. The summed E-state index contributed by atoms with van der Waals surface area (Å²) >= 11 is 3.83. The largest absolute Gasteiger partial charge is 0.458 e. The number of ether oxygens (including phenoxy) is 1. The van der Waals surface area contributed by atoms with Crippen LogP contribution in [0.1, 0.15) is 79.0 Å². The predicted molar refractivity (Wildman–Crippen MR) is 294 cm³/mol. The Hall–Kier alpha value is -5.60. The first-order valence-electron chi connectivity index (χ1n) is 23.5. The molecule has 66 heavy (non-hydrogen) atoms. The quantitative estimate of drug-likeness (QED) is 0.160. The van der Waals surface area contributed by atoms with Gasteiger partial charge in [0, 0.05) is 69.5 Å². The molecular weight excluding hydrogens is 856 g/mol. The van der Waals surface area contributed by atoms with E-state index in [0.29, 0.717) is 0 Å². The Morgan fingerprint density at radius 2 is 1.09 bits per heavy atom. The fourth-order valence-electron chi connectivity index (χ4n) is 10.0. The molecule has 7 aromatic carbocycles. The Morgan fingerprint density at radius 3 is 1.73 bits per heavy atom. The summed E-state index contributed by atoms with van der Waals surface area (Å²) in [6, 6.07) is 53.4. The number of fused-ring (bicyclic) bond motifs is 9. The number of nitrogens with zero attached hydrogens (tertiary/aromatic N) is 2. The van der Waals surface area contributed by atoms with E-state index in [0.717, 1.165) is 28.6 Å². The van der Waals surface area contributed by atoms with Crippen LogP contribution in [0.5, 0.6) is 11.5 Å². The van der Waals surface area contributed by atoms with Crippen LogP contribution in [0.2, 0.25) is 19.6 Å². The highest BCUT2D eigenvalue weighted by atomic mass is 32.1. The molecule has 0 amide bonds. The Bertz CT molecular complexity index is 3330. The highest BCUT2D eigenvalue weighted by molar-refractivity contribution is 7.33. The zero-order valence-corrected chi connectivity index (χ0v) is 43.1. The third kappa shape index (κ3) is 7.12. The smallest absolute Gasteiger partial charge is 0.268 e. The molecule has 9 aromatic rings. The van der Waals surface area contributed by atoms with Crippen molar-refractivity contribution in [1.29, 1.82) is 0 Å². The molecule has 11 rings (SSSR count). The van der Waals surface area contributed by atoms with E-state index in [1.165, 1.54) is 84.9 Å². The van der Waals surface area contributed by atoms with E-state index in [9.17, 15) is 0 Å². The maximum Gasteiger partial charge on any atom is 0.268 e. The first-order chi connectivity index (χ1) is 31.2. The normalized spacial score (nSPS) is 13.8. The molecule has 4 heterocycles. The zero-order valence-electron chi connectivity index (χ0n) is 40.5. The lowest BCUT2D eigenvalue weighted by atomic mass is 9.37. The highest BCUT2D eigenvalue weighted by Crippen LogP contribution is 2.49. The van der Waals surface area contributed by atoms with Crippen LogP contribution in [0.15, 0.2) is 140 Å². The molecule has 0 unspecified atom stereocenters. The average Bonchev–Trinajstić information content (AvgIpc) is 3.83. The fourth-order valence-corrected chi connectivity index (χ4v) is 13.6. The van der Waals surface area contributed by atoms with Crippen molar-refractivity contribution >= 4 is 123 Å². The van der Waals surface area contributed by atoms with Crippen LogP contribution in [0.3, 0.4) is 0 Å². The minimum absolute atomic E-state index is 0.000770. The lowest BCUT2D eigenvalue weighted by Crippen LogP contribution is -2.59. The molecule has 330 valence electrons. The van der Waals surface area contributed by atoms with Gasteiger partial charge in [-0.15, -0.1) is 22.7 Å². The Balaban J connectivity index is 1.15. The van der Waals surface area contributed by atoms with Crippen molar-refractivity contribution in [2.24, 2.45) is 0 Å². The summed E-state index contributed by atoms with van der Waals surface area (Å²) in [5, 5.41) is 5.33. The number of anilines is 6. The van der Waals surface area contributed by atoms with Gasteiger partial charge >= 0.3 is 0 Å². The molecule has 2 aliphatic rings. The fraction of sp³-hybridized carbons (Fsp3) is 0.254. The van der Waals surface area contributed by atoms with Gasteiger partial charge in [-0.1, -0.05) is 142 Å². The minimum atomic E-state index is -1.86. The molecule has 3 nitrogen and oxygen atoms in total. The van der Waals surface area contributed by atoms with Gasteiger partial charge < -0.3 is 14.5 Å². The summed E-state index contributed by atoms with van der Waals surface area (Å²) in [5.41, 5.74) is 13.6. The second-order valence-electron chi connectivity index (χ2n) is 22.7. The van der Waals surface area contributed by atoms with Crippen LogP contribution < -0.4 is 35.4 Å². The highest BCUT2D eigenvalue weighted by Gasteiger charge is 2.45. The zero-order chi connectivity index (χ0) is 46.2. The van der Waals surface area contributed by atoms with Crippen molar-refractivity contribution in [2.45, 2.75) is 98.2 Å². The van der Waals surface area contributed by atoms with Gasteiger partial charge in [0.2, 0.25) is 0 Å². The van der Waals surface area contributed by atoms with Crippen molar-refractivity contribution in [2.75, 3.05) is 9.80 Å². The van der Waals surface area contributed by atoms with Crippen molar-refractivity contribution in [3.63, 3.8) is 0 Å². The topological polar surface area (TPSA) is 15.7 Å². The molecule has 0 radical (unpaired) electrons. The van der Waals surface area contributed by atoms with Crippen LogP contribution in [0.25, 0.3) is 30.3 Å². The van der Waals surface area contributed by atoms with Gasteiger partial charge in [-0.05, 0) is 123 Å². The Kier molecular flexibility index (Phi) is 9.74. The standard InChI is InChI=1S/C59H59BN2OS2Si/c1-57(2,3)36-17-22-39(23-18-36)61(40-24-19-37(20-25-40)58(4,5)6)42-26-28-47-49(33-42)63-50-35-43(66(10,11)12)34-48-54(50)60(47)56-55(46-31-38(59(7,8)9)21-29-53(46)65-56)62(48)41-27-30-52-45(32-41)44-15-13-14-16-51(44)64-52/h13-35H,1-12H3. The first-order valence-corrected chi connectivity index (χ1v) is 28.7. The molecule has 0 fully saturated rings. The first kappa shape index (κ1) is 43.0. The summed E-state index contributed by atoms with van der Waals surface area (Å²) in [6.07, 6.45) is 0. The van der Waals surface area contributed by atoms with E-state index in [1.54, 1.807) is 0 Å². The molecule has 0 aliphatic carbocycles. The van der Waals surface area contributed by atoms with Crippen LogP contribution in [0, 0.1) is 0 Å². The van der Waals surface area contributed by atoms with E-state index in [2.05, 4.69) is 231 Å². The average molecular weight is 915 g/mol. The van der Waals surface area contributed by atoms with Gasteiger partial charge in [-0.25, -0.2) is 0 Å². The number of thiophene rings is 2. The molecule has 0 N–H and O–H groups in total.